The number of benzene rings is 1. The van der Waals surface area contributed by atoms with Gasteiger partial charge in [0.25, 0.3) is 5.91 Å². The molecule has 4 heteroatoms. The number of nitrogens with zero attached hydrogens (tertiary/aromatic N) is 1. The maximum Gasteiger partial charge on any atom is 0.251 e. The van der Waals surface area contributed by atoms with Crippen LogP contribution in [-0.2, 0) is 0 Å². The molecule has 3 aliphatic rings. The number of nitrogens with one attached hydrogen (secondary N) is 2. The van der Waals surface area contributed by atoms with Gasteiger partial charge in [0.15, 0.2) is 0 Å². The van der Waals surface area contributed by atoms with Crippen molar-refractivity contribution in [3.8, 4) is 0 Å². The van der Waals surface area contributed by atoms with Crippen molar-refractivity contribution in [2.45, 2.75) is 69.0 Å². The summed E-state index contributed by atoms with van der Waals surface area (Å²) in [6.45, 7) is 2.40. The molecule has 0 radical (unpaired) electrons. The number of piperidine rings is 1. The number of hydrogen-bond donors (Lipinski definition) is 2. The zero-order chi connectivity index (χ0) is 17.2. The normalized spacial score (nSPS) is 28.2. The molecule has 0 bridgehead atoms. The minimum Gasteiger partial charge on any atom is -0.349 e. The Morgan fingerprint density at radius 2 is 1.84 bits per heavy atom. The Labute approximate surface area is 151 Å². The van der Waals surface area contributed by atoms with Crippen LogP contribution in [-0.4, -0.2) is 49.1 Å². The van der Waals surface area contributed by atoms with Crippen LogP contribution in [0, 0.1) is 0 Å². The van der Waals surface area contributed by atoms with Gasteiger partial charge in [-0.15, -0.1) is 0 Å². The Morgan fingerprint density at radius 1 is 1.08 bits per heavy atom. The highest BCUT2D eigenvalue weighted by molar-refractivity contribution is 5.94. The van der Waals surface area contributed by atoms with Crippen molar-refractivity contribution in [3.63, 3.8) is 0 Å². The molecule has 4 nitrogen and oxygen atoms in total. The summed E-state index contributed by atoms with van der Waals surface area (Å²) >= 11 is 0. The Hall–Kier alpha value is -1.39. The van der Waals surface area contributed by atoms with Gasteiger partial charge in [0.2, 0.25) is 0 Å². The van der Waals surface area contributed by atoms with Gasteiger partial charge in [-0.2, -0.15) is 0 Å². The maximum absolute atomic E-state index is 12.5. The van der Waals surface area contributed by atoms with Crippen molar-refractivity contribution in [3.05, 3.63) is 35.4 Å². The maximum atomic E-state index is 12.5. The molecule has 25 heavy (non-hydrogen) atoms. The molecule has 4 rings (SSSR count). The minimum atomic E-state index is 0.106. The Balaban J connectivity index is 1.32. The van der Waals surface area contributed by atoms with E-state index < -0.39 is 0 Å². The summed E-state index contributed by atoms with van der Waals surface area (Å²) in [6.07, 6.45) is 8.48. The summed E-state index contributed by atoms with van der Waals surface area (Å²) in [6, 6.07) is 9.95. The molecule has 1 aliphatic heterocycles. The number of carbonyl (C=O) groups is 1. The first-order chi connectivity index (χ1) is 12.2. The van der Waals surface area contributed by atoms with Crippen LogP contribution in [0.2, 0.25) is 0 Å². The van der Waals surface area contributed by atoms with E-state index in [1.807, 2.05) is 12.1 Å². The van der Waals surface area contributed by atoms with Crippen LogP contribution < -0.4 is 10.6 Å². The molecule has 1 aromatic carbocycles. The van der Waals surface area contributed by atoms with E-state index in [0.717, 1.165) is 18.4 Å². The monoisotopic (exact) mass is 341 g/mol. The standard InChI is InChI=1S/C21H31N3O/c1-24-11-9-18(10-12-24)22-20-14-19(20)15-5-4-6-16(13-15)21(25)23-17-7-2-3-8-17/h4-6,13,17-20,22H,2-3,7-12,14H2,1H3,(H,23,25). The van der Waals surface area contributed by atoms with E-state index in [1.165, 1.54) is 50.8 Å². The van der Waals surface area contributed by atoms with Gasteiger partial charge in [-0.1, -0.05) is 25.0 Å². The van der Waals surface area contributed by atoms with E-state index in [0.29, 0.717) is 24.0 Å². The molecular weight excluding hydrogens is 310 g/mol. The molecule has 3 fully saturated rings. The second-order valence-electron chi connectivity index (χ2n) is 8.27. The topological polar surface area (TPSA) is 44.4 Å². The van der Waals surface area contributed by atoms with E-state index in [2.05, 4.69) is 34.7 Å². The fourth-order valence-electron chi connectivity index (χ4n) is 4.48. The molecule has 2 aliphatic carbocycles. The lowest BCUT2D eigenvalue weighted by molar-refractivity contribution is 0.0938. The molecule has 1 saturated heterocycles. The lowest BCUT2D eigenvalue weighted by Crippen LogP contribution is -2.42. The Kier molecular flexibility index (Phi) is 5.09. The molecule has 1 amide bonds. The molecule has 1 heterocycles. The molecule has 0 aromatic heterocycles. The third kappa shape index (κ3) is 4.24. The van der Waals surface area contributed by atoms with Crippen LogP contribution in [0.5, 0.6) is 0 Å². The van der Waals surface area contributed by atoms with E-state index >= 15 is 0 Å². The molecule has 2 unspecified atom stereocenters. The second kappa shape index (κ2) is 7.46. The van der Waals surface area contributed by atoms with Gasteiger partial charge in [0, 0.05) is 29.6 Å². The third-order valence-electron chi connectivity index (χ3n) is 6.23. The van der Waals surface area contributed by atoms with Crippen molar-refractivity contribution in [1.29, 1.82) is 0 Å². The lowest BCUT2D eigenvalue weighted by atomic mass is 10.0. The number of amides is 1. The van der Waals surface area contributed by atoms with Crippen molar-refractivity contribution in [2.75, 3.05) is 20.1 Å². The summed E-state index contributed by atoms with van der Waals surface area (Å²) in [7, 11) is 2.21. The quantitative estimate of drug-likeness (QED) is 0.865. The number of likely N-dealkylation sites (tertiary alicyclic amines) is 1. The molecule has 1 aromatic rings. The molecule has 0 spiro atoms. The fraction of sp³-hybridized carbons (Fsp3) is 0.667. The van der Waals surface area contributed by atoms with Gasteiger partial charge >= 0.3 is 0 Å². The van der Waals surface area contributed by atoms with Gasteiger partial charge < -0.3 is 15.5 Å². The van der Waals surface area contributed by atoms with Crippen LogP contribution in [0.25, 0.3) is 0 Å². The van der Waals surface area contributed by atoms with Crippen LogP contribution in [0.15, 0.2) is 24.3 Å². The second-order valence-corrected chi connectivity index (χ2v) is 8.27. The summed E-state index contributed by atoms with van der Waals surface area (Å²) in [5.74, 6) is 0.688. The van der Waals surface area contributed by atoms with Gasteiger partial charge in [0.1, 0.15) is 0 Å². The van der Waals surface area contributed by atoms with Crippen molar-refractivity contribution < 1.29 is 4.79 Å². The highest BCUT2D eigenvalue weighted by Crippen LogP contribution is 2.41. The average Bonchev–Trinajstić information content (AvgIpc) is 3.20. The highest BCUT2D eigenvalue weighted by atomic mass is 16.1. The number of hydrogen-bond acceptors (Lipinski definition) is 3. The first kappa shape index (κ1) is 17.0. The molecule has 2 saturated carbocycles. The van der Waals surface area contributed by atoms with E-state index in [4.69, 9.17) is 0 Å². The van der Waals surface area contributed by atoms with E-state index in [-0.39, 0.29) is 5.91 Å². The molecule has 2 N–H and O–H groups in total. The fourth-order valence-corrected chi connectivity index (χ4v) is 4.48. The SMILES string of the molecule is CN1CCC(NC2CC2c2cccc(C(=O)NC3CCCC3)c2)CC1. The Morgan fingerprint density at radius 3 is 2.60 bits per heavy atom. The summed E-state index contributed by atoms with van der Waals surface area (Å²) in [5, 5.41) is 7.05. The lowest BCUT2D eigenvalue weighted by Gasteiger charge is -2.29. The van der Waals surface area contributed by atoms with E-state index in [1.54, 1.807) is 0 Å². The number of rotatable bonds is 5. The van der Waals surface area contributed by atoms with Crippen LogP contribution in [0.3, 0.4) is 0 Å². The third-order valence-corrected chi connectivity index (χ3v) is 6.23. The first-order valence-corrected chi connectivity index (χ1v) is 10.0. The van der Waals surface area contributed by atoms with Crippen molar-refractivity contribution in [1.82, 2.24) is 15.5 Å². The first-order valence-electron chi connectivity index (χ1n) is 10.0. The predicted molar refractivity (Wildman–Crippen MR) is 101 cm³/mol. The van der Waals surface area contributed by atoms with Crippen LogP contribution >= 0.6 is 0 Å². The average molecular weight is 341 g/mol. The largest absolute Gasteiger partial charge is 0.349 e. The van der Waals surface area contributed by atoms with Crippen molar-refractivity contribution >= 4 is 5.91 Å². The zero-order valence-corrected chi connectivity index (χ0v) is 15.3. The summed E-state index contributed by atoms with van der Waals surface area (Å²) in [5.41, 5.74) is 2.15. The zero-order valence-electron chi connectivity index (χ0n) is 15.3. The molecule has 136 valence electrons. The number of carbonyl (C=O) groups excluding carboxylic acids is 1. The molecular formula is C21H31N3O. The minimum absolute atomic E-state index is 0.106. The van der Waals surface area contributed by atoms with Gasteiger partial charge in [-0.05, 0) is 69.9 Å². The van der Waals surface area contributed by atoms with Gasteiger partial charge in [-0.25, -0.2) is 0 Å². The summed E-state index contributed by atoms with van der Waals surface area (Å²) < 4.78 is 0. The van der Waals surface area contributed by atoms with Crippen LogP contribution in [0.1, 0.15) is 66.8 Å². The predicted octanol–water partition coefficient (Wildman–Crippen LogP) is 2.90. The summed E-state index contributed by atoms with van der Waals surface area (Å²) in [4.78, 5) is 14.9. The smallest absolute Gasteiger partial charge is 0.251 e. The van der Waals surface area contributed by atoms with E-state index in [9.17, 15) is 4.79 Å². The van der Waals surface area contributed by atoms with Crippen molar-refractivity contribution in [2.24, 2.45) is 0 Å². The van der Waals surface area contributed by atoms with Gasteiger partial charge in [-0.3, -0.25) is 4.79 Å². The Bertz CT molecular complexity index is 603. The van der Waals surface area contributed by atoms with Gasteiger partial charge in [0.05, 0.1) is 0 Å². The van der Waals surface area contributed by atoms with Crippen LogP contribution in [0.4, 0.5) is 0 Å². The highest BCUT2D eigenvalue weighted by Gasteiger charge is 2.39. The molecule has 2 atom stereocenters.